The van der Waals surface area contributed by atoms with Gasteiger partial charge in [-0.3, -0.25) is 53.1 Å². The Kier molecular flexibility index (Phi) is 27.3. The molecular formula is C45H75N15O11S2. The van der Waals surface area contributed by atoms with Gasteiger partial charge < -0.3 is 81.4 Å². The molecule has 26 nitrogen and oxygen atoms in total. The molecule has 1 aliphatic heterocycles. The Bertz CT molecular complexity index is 2110. The van der Waals surface area contributed by atoms with Gasteiger partial charge in [-0.2, -0.15) is 0 Å². The molecule has 0 radical (unpaired) electrons. The van der Waals surface area contributed by atoms with Gasteiger partial charge in [-0.1, -0.05) is 67.8 Å². The lowest BCUT2D eigenvalue weighted by atomic mass is 9.96. The number of phenolic OH excluding ortho intramolecular Hbond substituents is 1. The summed E-state index contributed by atoms with van der Waals surface area (Å²) >= 11 is 0. The Labute approximate surface area is 432 Å². The first kappa shape index (κ1) is 62.6. The molecule has 73 heavy (non-hydrogen) atoms. The smallest absolute Gasteiger partial charge is 0.245 e. The molecule has 0 aliphatic carbocycles. The third-order valence-corrected chi connectivity index (χ3v) is 13.7. The molecule has 1 fully saturated rings. The Morgan fingerprint density at radius 3 is 1.85 bits per heavy atom. The van der Waals surface area contributed by atoms with Gasteiger partial charge >= 0.3 is 0 Å². The van der Waals surface area contributed by atoms with E-state index in [4.69, 9.17) is 28.7 Å². The molecule has 20 N–H and O–H groups in total. The van der Waals surface area contributed by atoms with Crippen LogP contribution < -0.4 is 71.2 Å². The van der Waals surface area contributed by atoms with E-state index < -0.39 is 114 Å². The quantitative estimate of drug-likeness (QED) is 0.0244. The molecule has 28 heteroatoms. The first-order chi connectivity index (χ1) is 34.3. The van der Waals surface area contributed by atoms with Gasteiger partial charge in [-0.15, -0.1) is 0 Å². The summed E-state index contributed by atoms with van der Waals surface area (Å²) in [7, 11) is 2.01. The number of nitrogens with one attached hydrogen (secondary N) is 8. The highest BCUT2D eigenvalue weighted by Crippen LogP contribution is 2.24. The van der Waals surface area contributed by atoms with Crippen LogP contribution >= 0.6 is 21.6 Å². The van der Waals surface area contributed by atoms with Crippen molar-refractivity contribution in [3.63, 3.8) is 0 Å². The maximum absolute atomic E-state index is 14.5. The molecule has 0 aromatic heterocycles. The minimum atomic E-state index is -1.69. The van der Waals surface area contributed by atoms with Gasteiger partial charge in [0.15, 0.2) is 11.9 Å². The molecule has 408 valence electrons. The van der Waals surface area contributed by atoms with E-state index in [1.807, 2.05) is 13.8 Å². The fraction of sp³-hybridized carbons (Fsp3) is 0.622. The number of carbonyl (C=O) groups excluding carboxylic acids is 9. The van der Waals surface area contributed by atoms with Gasteiger partial charge in [-0.25, -0.2) is 0 Å². The predicted octanol–water partition coefficient (Wildman–Crippen LogP) is -3.71. The number of aromatic hydroxyl groups is 1. The zero-order chi connectivity index (χ0) is 54.9. The fourth-order valence-electron chi connectivity index (χ4n) is 7.14. The maximum atomic E-state index is 14.5. The second-order valence-electron chi connectivity index (χ2n) is 18.0. The number of amides is 9. The number of aliphatic hydroxyl groups excluding tert-OH is 1. The second kappa shape index (κ2) is 31.8. The van der Waals surface area contributed by atoms with E-state index >= 15 is 0 Å². The second-order valence-corrected chi connectivity index (χ2v) is 20.6. The molecule has 0 saturated carbocycles. The normalized spacial score (nSPS) is 22.2. The largest absolute Gasteiger partial charge is 0.508 e. The number of carbonyl (C=O) groups is 9. The van der Waals surface area contributed by atoms with E-state index in [1.54, 1.807) is 13.8 Å². The van der Waals surface area contributed by atoms with Crippen LogP contribution in [0, 0.1) is 11.8 Å². The van der Waals surface area contributed by atoms with Crippen LogP contribution in [0.4, 0.5) is 0 Å². The number of aliphatic imine (C=N–C) groups is 2. The SMILES string of the molecule is CC[C@H](C)[C@@H]1NC(=O)[C@H](CC(C)C)NC(=O)[C@H](NC(C)=O)CSSC[C@H](C(=O)N[C@@H](CCCN=C(N)N)C(=O)N[C@@H](Cc2ccc(O)cc2)C(N)=O)NC(=O)[C@H](CCCN=C(N)N)NC(=O)[C@H]([C@@H](C)O)NC1=O. The number of benzene rings is 1. The number of guanidine groups is 2. The maximum Gasteiger partial charge on any atom is 0.245 e. The molecule has 0 unspecified atom stereocenters. The van der Waals surface area contributed by atoms with Gasteiger partial charge in [0.25, 0.3) is 0 Å². The van der Waals surface area contributed by atoms with E-state index in [2.05, 4.69) is 52.5 Å². The molecule has 1 aromatic carbocycles. The lowest BCUT2D eigenvalue weighted by Gasteiger charge is -2.31. The Morgan fingerprint density at radius 2 is 1.29 bits per heavy atom. The Balaban J connectivity index is 2.73. The number of nitrogens with zero attached hydrogens (tertiary/aromatic N) is 2. The van der Waals surface area contributed by atoms with Crippen LogP contribution in [-0.4, -0.2) is 154 Å². The Hall–Kier alpha value is -6.55. The van der Waals surface area contributed by atoms with Crippen molar-refractivity contribution in [2.24, 2.45) is 50.5 Å². The van der Waals surface area contributed by atoms with Gasteiger partial charge in [-0.05, 0) is 68.6 Å². The van der Waals surface area contributed by atoms with Crippen LogP contribution in [-0.2, 0) is 49.6 Å². The number of primary amides is 1. The molecule has 9 amide bonds. The molecule has 0 spiro atoms. The number of rotatable bonds is 21. The standard InChI is InChI=1S/C45H75N15O11S2/c1-7-23(4)34-42(70)60-35(24(5)61)43(71)55-29(11-9-17-52-45(49)50)38(66)58-33(21-73-72-20-32(53-25(6)62)40(68)57-31(18-22(2)3)39(67)59-34)41(69)54-28(10-8-16-51-44(47)48)37(65)56-30(36(46)64)19-26-12-14-27(63)15-13-26/h12-15,22-24,28-35,61,63H,7-11,16-21H2,1-6H3,(H2,46,64)(H,53,62)(H,54,69)(H,55,71)(H,56,65)(H,57,68)(H,58,66)(H,59,67)(H,60,70)(H4,47,48,51)(H4,49,50,52)/t23-,24+,28-,29-,30-,31-,32+,33+,34-,35-/m0/s1. The van der Waals surface area contributed by atoms with Crippen LogP contribution in [0.3, 0.4) is 0 Å². The van der Waals surface area contributed by atoms with Crippen molar-refractivity contribution in [2.45, 2.75) is 141 Å². The van der Waals surface area contributed by atoms with Crippen LogP contribution in [0.15, 0.2) is 34.3 Å². The van der Waals surface area contributed by atoms with Crippen LogP contribution in [0.1, 0.15) is 85.6 Å². The summed E-state index contributed by atoms with van der Waals surface area (Å²) in [6.45, 7) is 9.54. The van der Waals surface area contributed by atoms with E-state index in [9.17, 15) is 53.4 Å². The third-order valence-electron chi connectivity index (χ3n) is 11.3. The molecule has 0 bridgehead atoms. The molecule has 2 rings (SSSR count). The summed E-state index contributed by atoms with van der Waals surface area (Å²) in [5.41, 5.74) is 28.2. The molecule has 1 aromatic rings. The number of nitrogens with two attached hydrogens (primary N) is 5. The lowest BCUT2D eigenvalue weighted by molar-refractivity contribution is -0.137. The predicted molar refractivity (Wildman–Crippen MR) is 277 cm³/mol. The summed E-state index contributed by atoms with van der Waals surface area (Å²) in [6, 6.07) is -5.23. The summed E-state index contributed by atoms with van der Waals surface area (Å²) in [4.78, 5) is 132. The van der Waals surface area contributed by atoms with Gasteiger partial charge in [0, 0.05) is 37.9 Å². The van der Waals surface area contributed by atoms with Gasteiger partial charge in [0.1, 0.15) is 54.1 Å². The van der Waals surface area contributed by atoms with Crippen molar-refractivity contribution in [3.05, 3.63) is 29.8 Å². The number of aliphatic hydroxyl groups is 1. The summed E-state index contributed by atoms with van der Waals surface area (Å²) < 4.78 is 0. The topological polar surface area (TPSA) is 445 Å². The lowest BCUT2D eigenvalue weighted by Crippen LogP contribution is -2.63. The minimum absolute atomic E-state index is 0.00176. The summed E-state index contributed by atoms with van der Waals surface area (Å²) in [5.74, 6) is -9.10. The molecule has 1 saturated heterocycles. The highest BCUT2D eigenvalue weighted by molar-refractivity contribution is 8.76. The van der Waals surface area contributed by atoms with Crippen LogP contribution in [0.5, 0.6) is 5.75 Å². The zero-order valence-electron chi connectivity index (χ0n) is 42.1. The first-order valence-electron chi connectivity index (χ1n) is 23.8. The number of hydrogen-bond acceptors (Lipinski definition) is 15. The Morgan fingerprint density at radius 1 is 0.726 bits per heavy atom. The molecule has 10 atom stereocenters. The minimum Gasteiger partial charge on any atom is -0.508 e. The van der Waals surface area contributed by atoms with Crippen molar-refractivity contribution in [1.29, 1.82) is 0 Å². The van der Waals surface area contributed by atoms with Crippen LogP contribution in [0.25, 0.3) is 0 Å². The number of phenols is 1. The molecule has 1 heterocycles. The average molecular weight is 1070 g/mol. The average Bonchev–Trinajstić information content (AvgIpc) is 3.30. The van der Waals surface area contributed by atoms with Crippen molar-refractivity contribution in [3.8, 4) is 5.75 Å². The van der Waals surface area contributed by atoms with Crippen molar-refractivity contribution in [1.82, 2.24) is 42.5 Å². The summed E-state index contributed by atoms with van der Waals surface area (Å²) in [5, 5.41) is 41.5. The van der Waals surface area contributed by atoms with E-state index in [1.165, 1.54) is 38.1 Å². The van der Waals surface area contributed by atoms with Crippen LogP contribution in [0.2, 0.25) is 0 Å². The fourth-order valence-corrected chi connectivity index (χ4v) is 9.46. The highest BCUT2D eigenvalue weighted by Gasteiger charge is 2.37. The van der Waals surface area contributed by atoms with E-state index in [-0.39, 0.29) is 86.7 Å². The van der Waals surface area contributed by atoms with Crippen molar-refractivity contribution < 1.29 is 53.4 Å². The highest BCUT2D eigenvalue weighted by atomic mass is 33.1. The monoisotopic (exact) mass is 1070 g/mol. The van der Waals surface area contributed by atoms with E-state index in [0.29, 0.717) is 12.0 Å². The number of hydrogen-bond donors (Lipinski definition) is 15. The van der Waals surface area contributed by atoms with Crippen molar-refractivity contribution in [2.75, 3.05) is 24.6 Å². The first-order valence-corrected chi connectivity index (χ1v) is 26.3. The van der Waals surface area contributed by atoms with Gasteiger partial charge in [0.05, 0.1) is 6.10 Å². The third kappa shape index (κ3) is 23.3. The molecule has 1 aliphatic rings. The van der Waals surface area contributed by atoms with E-state index in [0.717, 1.165) is 21.6 Å². The molecular weight excluding hydrogens is 991 g/mol. The van der Waals surface area contributed by atoms with Crippen molar-refractivity contribution >= 4 is 86.7 Å². The van der Waals surface area contributed by atoms with Gasteiger partial charge in [0.2, 0.25) is 53.2 Å². The summed E-state index contributed by atoms with van der Waals surface area (Å²) in [6.07, 6.45) is -1.17. The zero-order valence-corrected chi connectivity index (χ0v) is 43.7.